The van der Waals surface area contributed by atoms with Crippen LogP contribution in [0.4, 0.5) is 0 Å². The zero-order chi connectivity index (χ0) is 25.7. The molecule has 2 rings (SSSR count). The number of carbonyl (C=O) groups excluding carboxylic acids is 3. The van der Waals surface area contributed by atoms with Gasteiger partial charge in [0.2, 0.25) is 0 Å². The standard InChI is InChI=1S/C14H22O5.C12H20O3/c1-10-6-8-14(9-7-10,13(18)19-2)11(15)4-3-5-12(16)17;1-9-5-7-10(8-6-9)11(13)3-2-4-12(14)15/h10H,3-9H2,1-2H3,(H,16,17);9-10H,2-8H2,1H3,(H,14,15). The second-order valence-corrected chi connectivity index (χ2v) is 10.1. The minimum absolute atomic E-state index is 0.0423. The minimum Gasteiger partial charge on any atom is -0.481 e. The van der Waals surface area contributed by atoms with Gasteiger partial charge in [0.1, 0.15) is 17.0 Å². The van der Waals surface area contributed by atoms with Crippen LogP contribution in [0.15, 0.2) is 0 Å². The molecule has 2 saturated carbocycles. The van der Waals surface area contributed by atoms with Crippen molar-refractivity contribution in [1.29, 1.82) is 0 Å². The first kappa shape index (κ1) is 29.8. The highest BCUT2D eigenvalue weighted by Crippen LogP contribution is 2.41. The van der Waals surface area contributed by atoms with Crippen molar-refractivity contribution in [2.45, 2.75) is 104 Å². The van der Waals surface area contributed by atoms with E-state index in [-0.39, 0.29) is 43.2 Å². The zero-order valence-corrected chi connectivity index (χ0v) is 21.0. The SMILES string of the molecule is CC1CCC(C(=O)CCCC(=O)O)CC1.COC(=O)C1(C(=O)CCCC(=O)O)CCC(C)CC1. The highest BCUT2D eigenvalue weighted by Gasteiger charge is 2.47. The summed E-state index contributed by atoms with van der Waals surface area (Å²) in [6.45, 7) is 4.33. The minimum atomic E-state index is -1.03. The molecule has 2 N–H and O–H groups in total. The van der Waals surface area contributed by atoms with E-state index in [1.807, 2.05) is 0 Å². The number of methoxy groups -OCH3 is 1. The smallest absolute Gasteiger partial charge is 0.319 e. The summed E-state index contributed by atoms with van der Waals surface area (Å²) in [7, 11) is 1.30. The van der Waals surface area contributed by atoms with Gasteiger partial charge in [0.05, 0.1) is 7.11 Å². The van der Waals surface area contributed by atoms with Crippen LogP contribution < -0.4 is 0 Å². The molecule has 0 bridgehead atoms. The summed E-state index contributed by atoms with van der Waals surface area (Å²) in [5, 5.41) is 17.0. The fourth-order valence-corrected chi connectivity index (χ4v) is 4.89. The predicted octanol–water partition coefficient (Wildman–Crippen LogP) is 4.82. The van der Waals surface area contributed by atoms with Crippen LogP contribution in [0.1, 0.15) is 104 Å². The van der Waals surface area contributed by atoms with Crippen LogP contribution in [0.3, 0.4) is 0 Å². The number of hydrogen-bond acceptors (Lipinski definition) is 6. The van der Waals surface area contributed by atoms with Gasteiger partial charge in [-0.2, -0.15) is 0 Å². The first-order chi connectivity index (χ1) is 16.0. The Balaban J connectivity index is 0.000000350. The van der Waals surface area contributed by atoms with Crippen molar-refractivity contribution < 1.29 is 38.9 Å². The first-order valence-corrected chi connectivity index (χ1v) is 12.6. The molecule has 0 aromatic carbocycles. The fourth-order valence-electron chi connectivity index (χ4n) is 4.89. The van der Waals surface area contributed by atoms with E-state index in [9.17, 15) is 24.0 Å². The number of carboxylic acid groups (broad SMARTS) is 2. The molecule has 0 radical (unpaired) electrons. The number of ketones is 2. The van der Waals surface area contributed by atoms with Crippen molar-refractivity contribution in [2.75, 3.05) is 7.11 Å². The summed E-state index contributed by atoms with van der Waals surface area (Å²) in [5.74, 6) is -0.569. The van der Waals surface area contributed by atoms with E-state index >= 15 is 0 Å². The molecule has 0 aromatic heterocycles. The van der Waals surface area contributed by atoms with Crippen molar-refractivity contribution in [3.8, 4) is 0 Å². The second-order valence-electron chi connectivity index (χ2n) is 10.1. The summed E-state index contributed by atoms with van der Waals surface area (Å²) < 4.78 is 4.80. The molecule has 2 fully saturated rings. The largest absolute Gasteiger partial charge is 0.481 e. The number of ether oxygens (including phenoxy) is 1. The van der Waals surface area contributed by atoms with Crippen LogP contribution in [0.2, 0.25) is 0 Å². The molecule has 0 spiro atoms. The zero-order valence-electron chi connectivity index (χ0n) is 21.0. The molecule has 2 aliphatic rings. The molecule has 8 nitrogen and oxygen atoms in total. The number of hydrogen-bond donors (Lipinski definition) is 2. The molecular formula is C26H42O8. The van der Waals surface area contributed by atoms with Crippen molar-refractivity contribution in [3.05, 3.63) is 0 Å². The monoisotopic (exact) mass is 482 g/mol. The van der Waals surface area contributed by atoms with Crippen molar-refractivity contribution in [1.82, 2.24) is 0 Å². The van der Waals surface area contributed by atoms with Crippen molar-refractivity contribution in [2.24, 2.45) is 23.2 Å². The van der Waals surface area contributed by atoms with Crippen LogP contribution in [-0.4, -0.2) is 46.8 Å². The van der Waals surface area contributed by atoms with Gasteiger partial charge in [-0.05, 0) is 63.2 Å². The Kier molecular flexibility index (Phi) is 13.0. The van der Waals surface area contributed by atoms with E-state index in [0.717, 1.165) is 44.4 Å². The summed E-state index contributed by atoms with van der Waals surface area (Å²) in [5.41, 5.74) is -1.03. The van der Waals surface area contributed by atoms with Gasteiger partial charge in [0.25, 0.3) is 0 Å². The topological polar surface area (TPSA) is 135 Å². The lowest BCUT2D eigenvalue weighted by molar-refractivity contribution is -0.161. The van der Waals surface area contributed by atoms with Gasteiger partial charge in [0, 0.05) is 31.6 Å². The summed E-state index contributed by atoms with van der Waals surface area (Å²) in [4.78, 5) is 56.7. The van der Waals surface area contributed by atoms with Gasteiger partial charge in [-0.15, -0.1) is 0 Å². The molecule has 8 heteroatoms. The second kappa shape index (κ2) is 14.9. The van der Waals surface area contributed by atoms with Gasteiger partial charge in [0.15, 0.2) is 0 Å². The van der Waals surface area contributed by atoms with E-state index < -0.39 is 23.3 Å². The Bertz CT molecular complexity index is 698. The molecule has 0 aromatic rings. The fraction of sp³-hybridized carbons (Fsp3) is 0.808. The normalized spacial score (nSPS) is 26.5. The lowest BCUT2D eigenvalue weighted by Crippen LogP contribution is -2.43. The van der Waals surface area contributed by atoms with E-state index in [1.54, 1.807) is 0 Å². The van der Waals surface area contributed by atoms with Crippen LogP contribution in [0.5, 0.6) is 0 Å². The van der Waals surface area contributed by atoms with Gasteiger partial charge in [-0.1, -0.05) is 26.7 Å². The third-order valence-electron chi connectivity index (χ3n) is 7.32. The summed E-state index contributed by atoms with van der Waals surface area (Å²) in [6.07, 6.45) is 8.46. The number of aliphatic carboxylic acids is 2. The molecule has 0 saturated heterocycles. The Morgan fingerprint density at radius 3 is 1.68 bits per heavy atom. The van der Waals surface area contributed by atoms with Gasteiger partial charge < -0.3 is 14.9 Å². The summed E-state index contributed by atoms with van der Waals surface area (Å²) >= 11 is 0. The van der Waals surface area contributed by atoms with E-state index in [1.165, 1.54) is 7.11 Å². The number of Topliss-reactive ketones (excluding diaryl/α,β-unsaturated/α-hetero) is 2. The number of carboxylic acids is 2. The summed E-state index contributed by atoms with van der Waals surface area (Å²) in [6, 6.07) is 0. The molecule has 34 heavy (non-hydrogen) atoms. The Morgan fingerprint density at radius 1 is 0.735 bits per heavy atom. The maximum Gasteiger partial charge on any atom is 0.319 e. The lowest BCUT2D eigenvalue weighted by Gasteiger charge is -2.35. The van der Waals surface area contributed by atoms with E-state index in [4.69, 9.17) is 14.9 Å². The lowest BCUT2D eigenvalue weighted by atomic mass is 9.67. The first-order valence-electron chi connectivity index (χ1n) is 12.6. The van der Waals surface area contributed by atoms with Crippen LogP contribution in [0, 0.1) is 23.2 Å². The Morgan fingerprint density at radius 2 is 1.21 bits per heavy atom. The average Bonchev–Trinajstić information content (AvgIpc) is 2.79. The van der Waals surface area contributed by atoms with Gasteiger partial charge >= 0.3 is 17.9 Å². The predicted molar refractivity (Wildman–Crippen MR) is 126 cm³/mol. The molecule has 0 atom stereocenters. The van der Waals surface area contributed by atoms with Crippen LogP contribution >= 0.6 is 0 Å². The third-order valence-corrected chi connectivity index (χ3v) is 7.32. The number of esters is 1. The Labute approximate surface area is 202 Å². The highest BCUT2D eigenvalue weighted by molar-refractivity contribution is 6.04. The van der Waals surface area contributed by atoms with E-state index in [0.29, 0.717) is 31.6 Å². The van der Waals surface area contributed by atoms with Crippen LogP contribution in [0.25, 0.3) is 0 Å². The Hall–Kier alpha value is -2.25. The quantitative estimate of drug-likeness (QED) is 0.316. The van der Waals surface area contributed by atoms with Crippen molar-refractivity contribution >= 4 is 29.5 Å². The average molecular weight is 483 g/mol. The molecule has 194 valence electrons. The van der Waals surface area contributed by atoms with E-state index in [2.05, 4.69) is 13.8 Å². The molecule has 0 heterocycles. The van der Waals surface area contributed by atoms with Gasteiger partial charge in [-0.25, -0.2) is 0 Å². The highest BCUT2D eigenvalue weighted by atomic mass is 16.5. The molecular weight excluding hydrogens is 440 g/mol. The molecule has 0 aliphatic heterocycles. The third kappa shape index (κ3) is 9.94. The molecule has 2 aliphatic carbocycles. The van der Waals surface area contributed by atoms with Gasteiger partial charge in [-0.3, -0.25) is 24.0 Å². The number of rotatable bonds is 11. The van der Waals surface area contributed by atoms with Crippen molar-refractivity contribution in [3.63, 3.8) is 0 Å². The molecule has 0 amide bonds. The maximum atomic E-state index is 12.3. The number of carbonyl (C=O) groups is 5. The maximum absolute atomic E-state index is 12.3. The van der Waals surface area contributed by atoms with Crippen LogP contribution in [-0.2, 0) is 28.7 Å². The molecule has 0 unspecified atom stereocenters.